The molecule has 2 aliphatic heterocycles. The van der Waals surface area contributed by atoms with Crippen LogP contribution in [-0.2, 0) is 29.2 Å². The third-order valence-corrected chi connectivity index (χ3v) is 8.11. The summed E-state index contributed by atoms with van der Waals surface area (Å²) in [5.74, 6) is 0.111. The molecule has 0 spiro atoms. The van der Waals surface area contributed by atoms with E-state index in [-0.39, 0.29) is 43.3 Å². The zero-order valence-corrected chi connectivity index (χ0v) is 23.0. The lowest BCUT2D eigenvalue weighted by atomic mass is 10.2. The summed E-state index contributed by atoms with van der Waals surface area (Å²) in [5.41, 5.74) is 0.665. The maximum absolute atomic E-state index is 13.1. The average molecular weight is 585 g/mol. The number of carbonyl (C=O) groups is 3. The molecule has 2 atom stereocenters. The van der Waals surface area contributed by atoms with E-state index in [1.54, 1.807) is 25.3 Å². The van der Waals surface area contributed by atoms with Crippen LogP contribution in [0.25, 0.3) is 0 Å². The van der Waals surface area contributed by atoms with Crippen molar-refractivity contribution >= 4 is 42.2 Å². The van der Waals surface area contributed by atoms with Crippen molar-refractivity contribution in [1.29, 1.82) is 0 Å². The molecule has 3 amide bonds. The summed E-state index contributed by atoms with van der Waals surface area (Å²) >= 11 is 1.16. The van der Waals surface area contributed by atoms with Crippen LogP contribution in [0.4, 0.5) is 14.7 Å². The molecule has 1 aromatic heterocycles. The monoisotopic (exact) mass is 584 g/mol. The highest BCUT2D eigenvalue weighted by Crippen LogP contribution is 2.51. The predicted octanol–water partition coefficient (Wildman–Crippen LogP) is 3.14. The zero-order chi connectivity index (χ0) is 27.8. The van der Waals surface area contributed by atoms with E-state index in [4.69, 9.17) is 28.0 Å². The van der Waals surface area contributed by atoms with Gasteiger partial charge in [-0.15, -0.1) is 11.3 Å². The van der Waals surface area contributed by atoms with Crippen LogP contribution < -0.4 is 25.4 Å². The van der Waals surface area contributed by atoms with Crippen LogP contribution in [0.1, 0.15) is 29.9 Å². The summed E-state index contributed by atoms with van der Waals surface area (Å²) in [6.45, 7) is 4.63. The van der Waals surface area contributed by atoms with Crippen LogP contribution in [0, 0.1) is 0 Å². The molecule has 16 heteroatoms. The molecule has 0 radical (unpaired) electrons. The number of benzene rings is 1. The Labute approximate surface area is 228 Å². The molecule has 2 saturated heterocycles. The standard InChI is InChI=1S/C23H29N4O10PS/c1-3-34-38(31,35-4-2)12-15-13-39-21(26-15)27-20(28)14-5-16(32-10-18-8-24-22(29)36-18)7-17(6-14)33-11-19-9-25-23(30)37-19/h5-7,13,18-19H,3-4,8-12H2,1-2H3,(H,24,29)(H,25,30)(H,26,27,28). The van der Waals surface area contributed by atoms with Gasteiger partial charge in [0.1, 0.15) is 24.7 Å². The van der Waals surface area contributed by atoms with Crippen molar-refractivity contribution in [1.82, 2.24) is 15.6 Å². The van der Waals surface area contributed by atoms with Gasteiger partial charge in [0.05, 0.1) is 38.2 Å². The Bertz CT molecular complexity index is 1180. The number of ether oxygens (including phenoxy) is 4. The first-order valence-electron chi connectivity index (χ1n) is 12.2. The normalized spacial score (nSPS) is 18.6. The van der Waals surface area contributed by atoms with Gasteiger partial charge in [0.2, 0.25) is 0 Å². The number of hydrogen-bond donors (Lipinski definition) is 3. The number of hydrogen-bond acceptors (Lipinski definition) is 12. The smallest absolute Gasteiger partial charge is 0.407 e. The molecule has 39 heavy (non-hydrogen) atoms. The maximum atomic E-state index is 13.1. The minimum absolute atomic E-state index is 0.0242. The topological polar surface area (TPSA) is 173 Å². The zero-order valence-electron chi connectivity index (χ0n) is 21.3. The van der Waals surface area contributed by atoms with Crippen molar-refractivity contribution in [2.45, 2.75) is 32.2 Å². The molecule has 2 fully saturated rings. The highest BCUT2D eigenvalue weighted by Gasteiger charge is 2.27. The fourth-order valence-corrected chi connectivity index (χ4v) is 6.06. The Morgan fingerprint density at radius 1 is 1.03 bits per heavy atom. The van der Waals surface area contributed by atoms with Gasteiger partial charge in [0.15, 0.2) is 17.3 Å². The number of thiazole rings is 1. The summed E-state index contributed by atoms with van der Waals surface area (Å²) in [5, 5.41) is 9.76. The third kappa shape index (κ3) is 8.30. The van der Waals surface area contributed by atoms with Crippen LogP contribution >= 0.6 is 18.9 Å². The fourth-order valence-electron chi connectivity index (χ4n) is 3.62. The lowest BCUT2D eigenvalue weighted by Gasteiger charge is -2.15. The second kappa shape index (κ2) is 13.1. The highest BCUT2D eigenvalue weighted by atomic mass is 32.1. The number of amides is 3. The predicted molar refractivity (Wildman–Crippen MR) is 139 cm³/mol. The van der Waals surface area contributed by atoms with Crippen LogP contribution in [-0.4, -0.2) is 74.8 Å². The Balaban J connectivity index is 1.45. The van der Waals surface area contributed by atoms with E-state index in [9.17, 15) is 18.9 Å². The van der Waals surface area contributed by atoms with Crippen molar-refractivity contribution in [3.05, 3.63) is 34.8 Å². The van der Waals surface area contributed by atoms with E-state index in [1.165, 1.54) is 12.1 Å². The largest absolute Gasteiger partial charge is 0.489 e. The molecule has 4 rings (SSSR count). The van der Waals surface area contributed by atoms with Crippen molar-refractivity contribution < 1.29 is 46.9 Å². The summed E-state index contributed by atoms with van der Waals surface area (Å²) in [7, 11) is -3.35. The number of aromatic nitrogens is 1. The van der Waals surface area contributed by atoms with E-state index in [2.05, 4.69) is 20.9 Å². The maximum Gasteiger partial charge on any atom is 0.407 e. The van der Waals surface area contributed by atoms with Gasteiger partial charge in [0, 0.05) is 17.0 Å². The number of carbonyl (C=O) groups excluding carboxylic acids is 3. The average Bonchev–Trinajstić information content (AvgIpc) is 3.63. The van der Waals surface area contributed by atoms with Gasteiger partial charge in [-0.3, -0.25) is 14.7 Å². The number of rotatable bonds is 14. The summed E-state index contributed by atoms with van der Waals surface area (Å²) in [6.07, 6.45) is -2.05. The molecular formula is C23H29N4O10PS. The van der Waals surface area contributed by atoms with Crippen LogP contribution in [0.15, 0.2) is 23.6 Å². The van der Waals surface area contributed by atoms with Gasteiger partial charge >= 0.3 is 19.8 Å². The Morgan fingerprint density at radius 3 is 2.08 bits per heavy atom. The molecule has 212 valence electrons. The molecule has 0 saturated carbocycles. The molecule has 2 unspecified atom stereocenters. The van der Waals surface area contributed by atoms with Crippen molar-refractivity contribution in [3.8, 4) is 11.5 Å². The van der Waals surface area contributed by atoms with Gasteiger partial charge in [0.25, 0.3) is 5.91 Å². The van der Waals surface area contributed by atoms with Crippen LogP contribution in [0.5, 0.6) is 11.5 Å². The van der Waals surface area contributed by atoms with Crippen LogP contribution in [0.3, 0.4) is 0 Å². The first kappa shape index (κ1) is 28.6. The Hall–Kier alpha value is -3.39. The number of cyclic esters (lactones) is 2. The first-order chi connectivity index (χ1) is 18.7. The quantitative estimate of drug-likeness (QED) is 0.279. The number of alkyl carbamates (subject to hydrolysis) is 2. The Kier molecular flexibility index (Phi) is 9.62. The molecule has 0 bridgehead atoms. The van der Waals surface area contributed by atoms with E-state index < -0.39 is 37.9 Å². The third-order valence-electron chi connectivity index (χ3n) is 5.29. The van der Waals surface area contributed by atoms with E-state index in [1.807, 2.05) is 0 Å². The van der Waals surface area contributed by atoms with Crippen molar-refractivity contribution in [2.24, 2.45) is 0 Å². The highest BCUT2D eigenvalue weighted by molar-refractivity contribution is 7.53. The van der Waals surface area contributed by atoms with Crippen molar-refractivity contribution in [3.63, 3.8) is 0 Å². The summed E-state index contributed by atoms with van der Waals surface area (Å²) in [6, 6.07) is 4.60. The number of nitrogens with one attached hydrogen (secondary N) is 3. The summed E-state index contributed by atoms with van der Waals surface area (Å²) < 4.78 is 45.1. The number of anilines is 1. The van der Waals surface area contributed by atoms with Gasteiger partial charge in [-0.05, 0) is 26.0 Å². The second-order valence-corrected chi connectivity index (χ2v) is 11.2. The Morgan fingerprint density at radius 2 is 1.59 bits per heavy atom. The molecule has 2 aliphatic rings. The first-order valence-corrected chi connectivity index (χ1v) is 14.8. The molecule has 14 nitrogen and oxygen atoms in total. The fraction of sp³-hybridized carbons (Fsp3) is 0.478. The minimum atomic E-state index is -3.35. The van der Waals surface area contributed by atoms with E-state index in [0.29, 0.717) is 30.3 Å². The molecule has 3 N–H and O–H groups in total. The number of nitrogens with zero attached hydrogens (tertiary/aromatic N) is 1. The van der Waals surface area contributed by atoms with Crippen LogP contribution in [0.2, 0.25) is 0 Å². The second-order valence-electron chi connectivity index (χ2n) is 8.33. The SMILES string of the molecule is CCOP(=O)(Cc1csc(NC(=O)c2cc(OCC3CNC(=O)O3)cc(OCC3CNC(=O)O3)c2)n1)OCC. The van der Waals surface area contributed by atoms with Gasteiger partial charge < -0.3 is 38.6 Å². The molecule has 3 heterocycles. The summed E-state index contributed by atoms with van der Waals surface area (Å²) in [4.78, 5) is 40.0. The molecule has 1 aromatic carbocycles. The molecular weight excluding hydrogens is 555 g/mol. The molecule has 0 aliphatic carbocycles. The van der Waals surface area contributed by atoms with E-state index >= 15 is 0 Å². The van der Waals surface area contributed by atoms with Gasteiger partial charge in [-0.25, -0.2) is 14.6 Å². The van der Waals surface area contributed by atoms with Gasteiger partial charge in [-0.2, -0.15) is 0 Å². The lowest BCUT2D eigenvalue weighted by molar-refractivity contribution is 0.101. The molecule has 2 aromatic rings. The van der Waals surface area contributed by atoms with Crippen molar-refractivity contribution in [2.75, 3.05) is 44.8 Å². The minimum Gasteiger partial charge on any atom is -0.489 e. The lowest BCUT2D eigenvalue weighted by Crippen LogP contribution is -2.23. The van der Waals surface area contributed by atoms with E-state index in [0.717, 1.165) is 11.3 Å². The van der Waals surface area contributed by atoms with Gasteiger partial charge in [-0.1, -0.05) is 0 Å².